The van der Waals surface area contributed by atoms with Gasteiger partial charge in [-0.05, 0) is 25.3 Å². The average molecular weight is 275 g/mol. The molecule has 1 aliphatic rings. The second-order valence-corrected chi connectivity index (χ2v) is 5.48. The highest BCUT2D eigenvalue weighted by molar-refractivity contribution is 5.85. The van der Waals surface area contributed by atoms with Crippen molar-refractivity contribution in [3.05, 3.63) is 35.9 Å². The van der Waals surface area contributed by atoms with Crippen molar-refractivity contribution in [1.29, 1.82) is 0 Å². The molecule has 4 heteroatoms. The molecular weight excluding hydrogens is 254 g/mol. The molecule has 1 aromatic rings. The second kappa shape index (κ2) is 6.55. The molecular formula is C16H21NO3. The fourth-order valence-corrected chi connectivity index (χ4v) is 2.89. The summed E-state index contributed by atoms with van der Waals surface area (Å²) in [7, 11) is 0. The van der Waals surface area contributed by atoms with Crippen LogP contribution in [0.5, 0.6) is 0 Å². The smallest absolute Gasteiger partial charge is 0.307 e. The van der Waals surface area contributed by atoms with Crippen molar-refractivity contribution >= 4 is 11.9 Å². The van der Waals surface area contributed by atoms with E-state index in [4.69, 9.17) is 0 Å². The standard InChI is InChI=1S/C16H21NO3/c1-11(12-7-3-2-4-8-12)17-15(18)13-9-5-6-10-14(13)16(19)20/h2-4,7-8,11,13-14H,5-6,9-10H2,1H3,(H,17,18)(H,19,20)/t11-,13?,14?/m1/s1. The lowest BCUT2D eigenvalue weighted by atomic mass is 9.78. The monoisotopic (exact) mass is 275 g/mol. The summed E-state index contributed by atoms with van der Waals surface area (Å²) in [6, 6.07) is 9.61. The number of benzene rings is 1. The summed E-state index contributed by atoms with van der Waals surface area (Å²) in [5.41, 5.74) is 1.03. The third-order valence-corrected chi connectivity index (χ3v) is 4.08. The van der Waals surface area contributed by atoms with Crippen LogP contribution in [0.2, 0.25) is 0 Å². The number of carboxylic acid groups (broad SMARTS) is 1. The van der Waals surface area contributed by atoms with Gasteiger partial charge >= 0.3 is 5.97 Å². The van der Waals surface area contributed by atoms with Crippen molar-refractivity contribution < 1.29 is 14.7 Å². The lowest BCUT2D eigenvalue weighted by molar-refractivity contribution is -0.149. The third kappa shape index (κ3) is 3.38. The molecule has 1 amide bonds. The predicted octanol–water partition coefficient (Wildman–Crippen LogP) is 2.75. The summed E-state index contributed by atoms with van der Waals surface area (Å²) in [6.07, 6.45) is 3.11. The summed E-state index contributed by atoms with van der Waals surface area (Å²) < 4.78 is 0. The van der Waals surface area contributed by atoms with Gasteiger partial charge in [0.05, 0.1) is 17.9 Å². The highest BCUT2D eigenvalue weighted by Crippen LogP contribution is 2.31. The summed E-state index contributed by atoms with van der Waals surface area (Å²) in [6.45, 7) is 1.92. The van der Waals surface area contributed by atoms with Gasteiger partial charge < -0.3 is 10.4 Å². The van der Waals surface area contributed by atoms with Gasteiger partial charge in [-0.2, -0.15) is 0 Å². The van der Waals surface area contributed by atoms with Crippen LogP contribution in [0.25, 0.3) is 0 Å². The van der Waals surface area contributed by atoms with Gasteiger partial charge in [-0.15, -0.1) is 0 Å². The van der Waals surface area contributed by atoms with E-state index in [0.29, 0.717) is 12.8 Å². The quantitative estimate of drug-likeness (QED) is 0.888. The summed E-state index contributed by atoms with van der Waals surface area (Å²) in [5, 5.41) is 12.2. The second-order valence-electron chi connectivity index (χ2n) is 5.48. The molecule has 20 heavy (non-hydrogen) atoms. The first-order valence-corrected chi connectivity index (χ1v) is 7.17. The van der Waals surface area contributed by atoms with Crippen LogP contribution < -0.4 is 5.32 Å². The Kier molecular flexibility index (Phi) is 4.77. The fraction of sp³-hybridized carbons (Fsp3) is 0.500. The highest BCUT2D eigenvalue weighted by Gasteiger charge is 2.36. The van der Waals surface area contributed by atoms with Crippen LogP contribution in [0, 0.1) is 11.8 Å². The Morgan fingerprint density at radius 1 is 1.15 bits per heavy atom. The van der Waals surface area contributed by atoms with E-state index in [1.54, 1.807) is 0 Å². The van der Waals surface area contributed by atoms with Crippen molar-refractivity contribution in [3.63, 3.8) is 0 Å². The zero-order chi connectivity index (χ0) is 14.5. The number of aliphatic carboxylic acids is 1. The van der Waals surface area contributed by atoms with Crippen LogP contribution in [-0.4, -0.2) is 17.0 Å². The van der Waals surface area contributed by atoms with E-state index in [0.717, 1.165) is 18.4 Å². The van der Waals surface area contributed by atoms with Crippen molar-refractivity contribution in [2.24, 2.45) is 11.8 Å². The van der Waals surface area contributed by atoms with Gasteiger partial charge in [-0.3, -0.25) is 9.59 Å². The van der Waals surface area contributed by atoms with Gasteiger partial charge in [0.2, 0.25) is 5.91 Å². The Balaban J connectivity index is 2.01. The minimum absolute atomic E-state index is 0.0972. The van der Waals surface area contributed by atoms with Crippen LogP contribution >= 0.6 is 0 Å². The van der Waals surface area contributed by atoms with Crippen LogP contribution in [0.1, 0.15) is 44.2 Å². The zero-order valence-corrected chi connectivity index (χ0v) is 11.7. The number of rotatable bonds is 4. The lowest BCUT2D eigenvalue weighted by Gasteiger charge is -2.28. The SMILES string of the molecule is C[C@@H](NC(=O)C1CCCCC1C(=O)O)c1ccccc1. The summed E-state index contributed by atoms with van der Waals surface area (Å²) >= 11 is 0. The zero-order valence-electron chi connectivity index (χ0n) is 11.7. The maximum absolute atomic E-state index is 12.3. The number of carbonyl (C=O) groups is 2. The Labute approximate surface area is 119 Å². The number of carboxylic acids is 1. The van der Waals surface area contributed by atoms with E-state index < -0.39 is 17.8 Å². The van der Waals surface area contributed by atoms with E-state index in [-0.39, 0.29) is 11.9 Å². The first-order valence-electron chi connectivity index (χ1n) is 7.17. The molecule has 0 spiro atoms. The van der Waals surface area contributed by atoms with Crippen LogP contribution in [0.4, 0.5) is 0 Å². The molecule has 2 rings (SSSR count). The number of hydrogen-bond acceptors (Lipinski definition) is 2. The minimum atomic E-state index is -0.850. The molecule has 0 aromatic heterocycles. The summed E-state index contributed by atoms with van der Waals surface area (Å²) in [5.74, 6) is -1.91. The molecule has 0 aliphatic heterocycles. The first kappa shape index (κ1) is 14.6. The normalized spacial score (nSPS) is 23.9. The van der Waals surface area contributed by atoms with Crippen molar-refractivity contribution in [1.82, 2.24) is 5.32 Å². The van der Waals surface area contributed by atoms with Crippen LogP contribution in [-0.2, 0) is 9.59 Å². The molecule has 108 valence electrons. The van der Waals surface area contributed by atoms with Gasteiger partial charge in [-0.1, -0.05) is 43.2 Å². The Morgan fingerprint density at radius 3 is 2.35 bits per heavy atom. The molecule has 1 aromatic carbocycles. The molecule has 1 saturated carbocycles. The van der Waals surface area contributed by atoms with Crippen LogP contribution in [0.15, 0.2) is 30.3 Å². The van der Waals surface area contributed by atoms with Gasteiger partial charge in [0.15, 0.2) is 0 Å². The largest absolute Gasteiger partial charge is 0.481 e. The summed E-state index contributed by atoms with van der Waals surface area (Å²) in [4.78, 5) is 23.6. The first-order chi connectivity index (χ1) is 9.59. The molecule has 1 aliphatic carbocycles. The molecule has 4 nitrogen and oxygen atoms in total. The molecule has 2 N–H and O–H groups in total. The number of amides is 1. The van der Waals surface area contributed by atoms with E-state index in [1.165, 1.54) is 0 Å². The molecule has 0 saturated heterocycles. The molecule has 2 unspecified atom stereocenters. The van der Waals surface area contributed by atoms with Gasteiger partial charge in [-0.25, -0.2) is 0 Å². The van der Waals surface area contributed by atoms with Crippen molar-refractivity contribution in [3.8, 4) is 0 Å². The third-order valence-electron chi connectivity index (χ3n) is 4.08. The topological polar surface area (TPSA) is 66.4 Å². The Hall–Kier alpha value is -1.84. The average Bonchev–Trinajstić information content (AvgIpc) is 2.48. The fourth-order valence-electron chi connectivity index (χ4n) is 2.89. The van der Waals surface area contributed by atoms with Gasteiger partial charge in [0.1, 0.15) is 0 Å². The molecule has 0 heterocycles. The molecule has 0 bridgehead atoms. The van der Waals surface area contributed by atoms with E-state index in [2.05, 4.69) is 5.32 Å². The maximum Gasteiger partial charge on any atom is 0.307 e. The molecule has 0 radical (unpaired) electrons. The van der Waals surface area contributed by atoms with Crippen molar-refractivity contribution in [2.75, 3.05) is 0 Å². The van der Waals surface area contributed by atoms with E-state index in [9.17, 15) is 14.7 Å². The maximum atomic E-state index is 12.3. The highest BCUT2D eigenvalue weighted by atomic mass is 16.4. The van der Waals surface area contributed by atoms with Crippen LogP contribution in [0.3, 0.4) is 0 Å². The van der Waals surface area contributed by atoms with Crippen molar-refractivity contribution in [2.45, 2.75) is 38.6 Å². The minimum Gasteiger partial charge on any atom is -0.481 e. The Morgan fingerprint density at radius 2 is 1.75 bits per heavy atom. The Bertz CT molecular complexity index is 472. The number of nitrogens with one attached hydrogen (secondary N) is 1. The van der Waals surface area contributed by atoms with Gasteiger partial charge in [0, 0.05) is 0 Å². The molecule has 1 fully saturated rings. The van der Waals surface area contributed by atoms with E-state index in [1.807, 2.05) is 37.3 Å². The molecule has 3 atom stereocenters. The predicted molar refractivity (Wildman–Crippen MR) is 76.1 cm³/mol. The van der Waals surface area contributed by atoms with Gasteiger partial charge in [0.25, 0.3) is 0 Å². The van der Waals surface area contributed by atoms with E-state index >= 15 is 0 Å². The number of hydrogen-bond donors (Lipinski definition) is 2. The number of carbonyl (C=O) groups excluding carboxylic acids is 1. The lowest BCUT2D eigenvalue weighted by Crippen LogP contribution is -2.40.